The molecule has 0 radical (unpaired) electrons. The second-order valence-electron chi connectivity index (χ2n) is 9.29. The Bertz CT molecular complexity index is 870. The van der Waals surface area contributed by atoms with Crippen LogP contribution in [0.25, 0.3) is 0 Å². The van der Waals surface area contributed by atoms with Gasteiger partial charge in [-0.05, 0) is 68.2 Å². The Morgan fingerprint density at radius 1 is 1.10 bits per heavy atom. The molecule has 1 fully saturated rings. The van der Waals surface area contributed by atoms with Crippen LogP contribution in [0.1, 0.15) is 66.2 Å². The van der Waals surface area contributed by atoms with Gasteiger partial charge >= 0.3 is 0 Å². The summed E-state index contributed by atoms with van der Waals surface area (Å²) >= 11 is 0. The van der Waals surface area contributed by atoms with Gasteiger partial charge in [-0.25, -0.2) is 8.42 Å². The summed E-state index contributed by atoms with van der Waals surface area (Å²) in [5.41, 5.74) is 2.02. The Kier molecular flexibility index (Phi) is 7.40. The molecule has 2 aliphatic rings. The van der Waals surface area contributed by atoms with Crippen molar-refractivity contribution in [2.75, 3.05) is 11.9 Å². The number of benzene rings is 1. The number of allylic oxidation sites excluding steroid dienone is 2. The fourth-order valence-electron chi connectivity index (χ4n) is 5.23. The van der Waals surface area contributed by atoms with Crippen molar-refractivity contribution in [3.8, 4) is 0 Å². The van der Waals surface area contributed by atoms with Crippen LogP contribution >= 0.6 is 0 Å². The second kappa shape index (κ2) is 9.65. The Morgan fingerprint density at radius 2 is 1.73 bits per heavy atom. The van der Waals surface area contributed by atoms with Gasteiger partial charge in [-0.3, -0.25) is 4.79 Å². The van der Waals surface area contributed by atoms with Crippen molar-refractivity contribution in [1.82, 2.24) is 4.31 Å². The molecule has 0 saturated heterocycles. The molecule has 1 N–H and O–H groups in total. The van der Waals surface area contributed by atoms with E-state index in [1.165, 1.54) is 18.9 Å². The number of carbonyl (C=O) groups excluding carboxylic acids is 1. The number of hydrogen-bond donors (Lipinski definition) is 1. The summed E-state index contributed by atoms with van der Waals surface area (Å²) in [7, 11) is -3.61. The molecule has 1 aromatic rings. The van der Waals surface area contributed by atoms with Gasteiger partial charge in [0.25, 0.3) is 0 Å². The van der Waals surface area contributed by atoms with E-state index in [4.69, 9.17) is 0 Å². The number of rotatable bonds is 6. The number of nitrogens with one attached hydrogen (secondary N) is 1. The Labute approximate surface area is 182 Å². The smallest absolute Gasteiger partial charge is 0.243 e. The standard InChI is InChI=1S/C24H36N2O3S/c1-17-14-18(2)24(19(3)15-17)16-26(22-8-6-5-7-9-22)30(28,29)23-12-10-21(11-13-23)25-20(4)27/h10-14,18-19,22,24H,5-9,15-16H2,1-4H3,(H,25,27)/t18-,19-,24-/m1/s1. The summed E-state index contributed by atoms with van der Waals surface area (Å²) < 4.78 is 29.3. The van der Waals surface area contributed by atoms with E-state index in [0.29, 0.717) is 34.9 Å². The normalized spacial score (nSPS) is 25.8. The van der Waals surface area contributed by atoms with Crippen molar-refractivity contribution in [3.63, 3.8) is 0 Å². The molecule has 5 nitrogen and oxygen atoms in total. The van der Waals surface area contributed by atoms with Gasteiger partial charge in [-0.1, -0.05) is 44.8 Å². The quantitative estimate of drug-likeness (QED) is 0.628. The fourth-order valence-corrected chi connectivity index (χ4v) is 6.96. The predicted octanol–water partition coefficient (Wildman–Crippen LogP) is 5.21. The molecule has 1 amide bonds. The molecule has 6 heteroatoms. The number of sulfonamides is 1. The van der Waals surface area contributed by atoms with Crippen LogP contribution in [-0.2, 0) is 14.8 Å². The SMILES string of the molecule is CC(=O)Nc1ccc(S(=O)(=O)N(C[C@@H]2[C@H](C)C=C(C)C[C@H]2C)C2CCCCC2)cc1. The highest BCUT2D eigenvalue weighted by molar-refractivity contribution is 7.89. The molecule has 0 aliphatic heterocycles. The van der Waals surface area contributed by atoms with E-state index in [2.05, 4.69) is 32.2 Å². The maximum atomic E-state index is 13.7. The molecule has 0 bridgehead atoms. The maximum absolute atomic E-state index is 13.7. The zero-order chi connectivity index (χ0) is 21.9. The molecule has 30 heavy (non-hydrogen) atoms. The first-order valence-electron chi connectivity index (χ1n) is 11.2. The predicted molar refractivity (Wildman–Crippen MR) is 122 cm³/mol. The molecule has 3 rings (SSSR count). The molecule has 2 aliphatic carbocycles. The van der Waals surface area contributed by atoms with Crippen LogP contribution in [-0.4, -0.2) is 31.2 Å². The zero-order valence-electron chi connectivity index (χ0n) is 18.7. The third-order valence-electron chi connectivity index (χ3n) is 6.75. The van der Waals surface area contributed by atoms with Crippen molar-refractivity contribution in [1.29, 1.82) is 0 Å². The second-order valence-corrected chi connectivity index (χ2v) is 11.2. The highest BCUT2D eigenvalue weighted by atomic mass is 32.2. The minimum atomic E-state index is -3.61. The molecule has 3 atom stereocenters. The lowest BCUT2D eigenvalue weighted by Crippen LogP contribution is -2.46. The highest BCUT2D eigenvalue weighted by Crippen LogP contribution is 2.37. The van der Waals surface area contributed by atoms with Crippen molar-refractivity contribution >= 4 is 21.6 Å². The van der Waals surface area contributed by atoms with Crippen molar-refractivity contribution < 1.29 is 13.2 Å². The van der Waals surface area contributed by atoms with Gasteiger partial charge in [0.05, 0.1) is 4.90 Å². The van der Waals surface area contributed by atoms with Gasteiger partial charge in [0.2, 0.25) is 15.9 Å². The van der Waals surface area contributed by atoms with Crippen LogP contribution < -0.4 is 5.32 Å². The minimum absolute atomic E-state index is 0.0742. The van der Waals surface area contributed by atoms with E-state index < -0.39 is 10.0 Å². The van der Waals surface area contributed by atoms with Crippen LogP contribution in [0.2, 0.25) is 0 Å². The van der Waals surface area contributed by atoms with Crippen LogP contribution in [0, 0.1) is 17.8 Å². The van der Waals surface area contributed by atoms with E-state index in [1.807, 2.05) is 4.31 Å². The third kappa shape index (κ3) is 5.33. The molecule has 0 unspecified atom stereocenters. The lowest BCUT2D eigenvalue weighted by atomic mass is 9.75. The molecule has 1 aromatic carbocycles. The highest BCUT2D eigenvalue weighted by Gasteiger charge is 2.37. The van der Waals surface area contributed by atoms with E-state index in [-0.39, 0.29) is 11.9 Å². The van der Waals surface area contributed by atoms with Crippen molar-refractivity contribution in [2.24, 2.45) is 17.8 Å². The summed E-state index contributed by atoms with van der Waals surface area (Å²) in [4.78, 5) is 11.6. The van der Waals surface area contributed by atoms with E-state index in [9.17, 15) is 13.2 Å². The van der Waals surface area contributed by atoms with Gasteiger partial charge in [-0.15, -0.1) is 0 Å². The molecule has 0 heterocycles. The van der Waals surface area contributed by atoms with Crippen LogP contribution in [0.15, 0.2) is 40.8 Å². The van der Waals surface area contributed by atoms with Crippen LogP contribution in [0.3, 0.4) is 0 Å². The first-order chi connectivity index (χ1) is 14.2. The first kappa shape index (κ1) is 23.0. The molecule has 0 aromatic heterocycles. The average Bonchev–Trinajstić information content (AvgIpc) is 2.68. The Balaban J connectivity index is 1.90. The average molecular weight is 433 g/mol. The lowest BCUT2D eigenvalue weighted by Gasteiger charge is -2.40. The van der Waals surface area contributed by atoms with E-state index >= 15 is 0 Å². The molecular formula is C24H36N2O3S. The summed E-state index contributed by atoms with van der Waals surface area (Å²) in [5, 5.41) is 2.70. The minimum Gasteiger partial charge on any atom is -0.326 e. The Hall–Kier alpha value is -1.66. The van der Waals surface area contributed by atoms with Gasteiger partial charge in [-0.2, -0.15) is 4.31 Å². The number of carbonyl (C=O) groups is 1. The van der Waals surface area contributed by atoms with E-state index in [0.717, 1.165) is 32.1 Å². The summed E-state index contributed by atoms with van der Waals surface area (Å²) in [6.45, 7) is 8.67. The summed E-state index contributed by atoms with van der Waals surface area (Å²) in [5.74, 6) is 0.993. The van der Waals surface area contributed by atoms with E-state index in [1.54, 1.807) is 24.3 Å². The fraction of sp³-hybridized carbons (Fsp3) is 0.625. The summed E-state index contributed by atoms with van der Waals surface area (Å²) in [6, 6.07) is 6.66. The molecule has 1 saturated carbocycles. The molecule has 0 spiro atoms. The van der Waals surface area contributed by atoms with Crippen LogP contribution in [0.4, 0.5) is 5.69 Å². The molecular weight excluding hydrogens is 396 g/mol. The first-order valence-corrected chi connectivity index (χ1v) is 12.7. The van der Waals surface area contributed by atoms with Crippen molar-refractivity contribution in [2.45, 2.75) is 77.2 Å². The van der Waals surface area contributed by atoms with Crippen molar-refractivity contribution in [3.05, 3.63) is 35.9 Å². The van der Waals surface area contributed by atoms with Gasteiger partial charge in [0.15, 0.2) is 0 Å². The number of anilines is 1. The maximum Gasteiger partial charge on any atom is 0.243 e. The zero-order valence-corrected chi connectivity index (χ0v) is 19.5. The van der Waals surface area contributed by atoms with Gasteiger partial charge in [0.1, 0.15) is 0 Å². The molecule has 166 valence electrons. The van der Waals surface area contributed by atoms with Gasteiger partial charge < -0.3 is 5.32 Å². The van der Waals surface area contributed by atoms with Crippen LogP contribution in [0.5, 0.6) is 0 Å². The lowest BCUT2D eigenvalue weighted by molar-refractivity contribution is -0.114. The number of hydrogen-bond acceptors (Lipinski definition) is 3. The monoisotopic (exact) mass is 432 g/mol. The largest absolute Gasteiger partial charge is 0.326 e. The topological polar surface area (TPSA) is 66.5 Å². The number of nitrogens with zero attached hydrogens (tertiary/aromatic N) is 1. The number of amides is 1. The Morgan fingerprint density at radius 3 is 2.30 bits per heavy atom. The van der Waals surface area contributed by atoms with Gasteiger partial charge in [0, 0.05) is 25.2 Å². The third-order valence-corrected chi connectivity index (χ3v) is 8.68. The summed E-state index contributed by atoms with van der Waals surface area (Å²) in [6.07, 6.45) is 8.60.